The molecule has 25 heavy (non-hydrogen) atoms. The minimum Gasteiger partial charge on any atom is -0.377 e. The van der Waals surface area contributed by atoms with Crippen LogP contribution in [0.1, 0.15) is 17.8 Å². The van der Waals surface area contributed by atoms with Crippen molar-refractivity contribution in [3.05, 3.63) is 57.5 Å². The van der Waals surface area contributed by atoms with Gasteiger partial charge in [-0.05, 0) is 24.1 Å². The third kappa shape index (κ3) is 3.08. The molecule has 2 N–H and O–H groups in total. The Labute approximate surface area is 153 Å². The van der Waals surface area contributed by atoms with E-state index in [2.05, 4.69) is 9.97 Å². The number of halogens is 2. The summed E-state index contributed by atoms with van der Waals surface area (Å²) in [4.78, 5) is 12.1. The topological polar surface area (TPSA) is 79.6 Å². The van der Waals surface area contributed by atoms with E-state index in [4.69, 9.17) is 38.3 Å². The SMILES string of the molecule is N=c1ncn(Cc2c(Cl)cccc2Cl)c2nc(C3=CCOCC3)[nH]c12. The Bertz CT molecular complexity index is 1020. The molecule has 6 nitrogen and oxygen atoms in total. The summed E-state index contributed by atoms with van der Waals surface area (Å²) in [7, 11) is 0. The Morgan fingerprint density at radius 3 is 2.80 bits per heavy atom. The summed E-state index contributed by atoms with van der Waals surface area (Å²) < 4.78 is 7.19. The van der Waals surface area contributed by atoms with Gasteiger partial charge in [0.05, 0.1) is 26.1 Å². The number of fused-ring (bicyclic) bond motifs is 1. The summed E-state index contributed by atoms with van der Waals surface area (Å²) in [5.74, 6) is 0.749. The maximum Gasteiger partial charge on any atom is 0.173 e. The second kappa shape index (κ2) is 6.63. The largest absolute Gasteiger partial charge is 0.377 e. The van der Waals surface area contributed by atoms with Crippen LogP contribution in [0.15, 0.2) is 30.6 Å². The molecule has 0 saturated heterocycles. The predicted octanol–water partition coefficient (Wildman–Crippen LogP) is 3.40. The van der Waals surface area contributed by atoms with Crippen LogP contribution in [0.2, 0.25) is 10.0 Å². The Balaban J connectivity index is 1.82. The van der Waals surface area contributed by atoms with Crippen LogP contribution in [0.4, 0.5) is 0 Å². The van der Waals surface area contributed by atoms with Gasteiger partial charge >= 0.3 is 0 Å². The van der Waals surface area contributed by atoms with Crippen molar-refractivity contribution in [1.82, 2.24) is 19.5 Å². The van der Waals surface area contributed by atoms with Gasteiger partial charge in [0.1, 0.15) is 11.3 Å². The molecule has 0 unspecified atom stereocenters. The van der Waals surface area contributed by atoms with E-state index in [9.17, 15) is 0 Å². The number of ether oxygens (including phenoxy) is 1. The first-order valence-corrected chi connectivity index (χ1v) is 8.59. The van der Waals surface area contributed by atoms with Crippen LogP contribution in [-0.4, -0.2) is 32.7 Å². The summed E-state index contributed by atoms with van der Waals surface area (Å²) in [6, 6.07) is 5.41. The van der Waals surface area contributed by atoms with Crippen LogP contribution in [0.25, 0.3) is 16.7 Å². The molecule has 0 radical (unpaired) electrons. The zero-order valence-corrected chi connectivity index (χ0v) is 14.7. The van der Waals surface area contributed by atoms with E-state index in [-0.39, 0.29) is 5.49 Å². The Hall–Kier alpha value is -2.15. The van der Waals surface area contributed by atoms with Gasteiger partial charge in [0.25, 0.3) is 0 Å². The van der Waals surface area contributed by atoms with Crippen molar-refractivity contribution >= 4 is 39.9 Å². The molecule has 3 heterocycles. The van der Waals surface area contributed by atoms with Gasteiger partial charge in [-0.15, -0.1) is 0 Å². The smallest absolute Gasteiger partial charge is 0.173 e. The van der Waals surface area contributed by atoms with Gasteiger partial charge in [-0.1, -0.05) is 35.3 Å². The molecule has 4 rings (SSSR count). The average Bonchev–Trinajstić information content (AvgIpc) is 3.07. The quantitative estimate of drug-likeness (QED) is 0.735. The van der Waals surface area contributed by atoms with E-state index >= 15 is 0 Å². The highest BCUT2D eigenvalue weighted by atomic mass is 35.5. The lowest BCUT2D eigenvalue weighted by molar-refractivity contribution is 0.161. The summed E-state index contributed by atoms with van der Waals surface area (Å²) >= 11 is 12.6. The van der Waals surface area contributed by atoms with E-state index in [1.807, 2.05) is 16.7 Å². The predicted molar refractivity (Wildman–Crippen MR) is 96.7 cm³/mol. The minimum absolute atomic E-state index is 0.155. The highest BCUT2D eigenvalue weighted by Gasteiger charge is 2.15. The van der Waals surface area contributed by atoms with E-state index in [0.29, 0.717) is 41.0 Å². The van der Waals surface area contributed by atoms with E-state index in [1.165, 1.54) is 0 Å². The number of aromatic nitrogens is 4. The molecule has 0 aliphatic carbocycles. The number of rotatable bonds is 3. The molecule has 0 fully saturated rings. The zero-order valence-electron chi connectivity index (χ0n) is 13.2. The van der Waals surface area contributed by atoms with Crippen LogP contribution >= 0.6 is 23.2 Å². The Morgan fingerprint density at radius 2 is 2.08 bits per heavy atom. The Morgan fingerprint density at radius 1 is 1.28 bits per heavy atom. The third-order valence-corrected chi connectivity index (χ3v) is 4.89. The number of hydrogen-bond donors (Lipinski definition) is 2. The number of hydrogen-bond acceptors (Lipinski definition) is 4. The van der Waals surface area contributed by atoms with Gasteiger partial charge in [0.15, 0.2) is 11.1 Å². The average molecular weight is 376 g/mol. The molecule has 128 valence electrons. The van der Waals surface area contributed by atoms with Crippen LogP contribution in [0.3, 0.4) is 0 Å². The second-order valence-corrected chi connectivity index (χ2v) is 6.57. The molecule has 1 aliphatic heterocycles. The number of nitrogens with zero attached hydrogens (tertiary/aromatic N) is 3. The van der Waals surface area contributed by atoms with Gasteiger partial charge in [0.2, 0.25) is 0 Å². The van der Waals surface area contributed by atoms with Crippen LogP contribution in [0.5, 0.6) is 0 Å². The molecule has 1 aromatic carbocycles. The molecule has 3 aromatic rings. The maximum atomic E-state index is 8.06. The molecule has 8 heteroatoms. The number of imidazole rings is 1. The molecule has 0 saturated carbocycles. The van der Waals surface area contributed by atoms with Gasteiger partial charge in [-0.25, -0.2) is 9.97 Å². The van der Waals surface area contributed by atoms with Gasteiger partial charge in [-0.2, -0.15) is 0 Å². The van der Waals surface area contributed by atoms with Crippen molar-refractivity contribution < 1.29 is 4.74 Å². The van der Waals surface area contributed by atoms with Crippen molar-refractivity contribution in [3.8, 4) is 0 Å². The van der Waals surface area contributed by atoms with Crippen molar-refractivity contribution in [3.63, 3.8) is 0 Å². The van der Waals surface area contributed by atoms with Gasteiger partial charge in [-0.3, -0.25) is 5.41 Å². The van der Waals surface area contributed by atoms with Gasteiger partial charge < -0.3 is 14.3 Å². The maximum absolute atomic E-state index is 8.06. The molecule has 0 atom stereocenters. The molecule has 0 spiro atoms. The zero-order chi connectivity index (χ0) is 17.4. The monoisotopic (exact) mass is 375 g/mol. The van der Waals surface area contributed by atoms with Gasteiger partial charge in [0, 0.05) is 15.6 Å². The molecule has 2 aromatic heterocycles. The van der Waals surface area contributed by atoms with Crippen molar-refractivity contribution in [2.24, 2.45) is 0 Å². The fourth-order valence-corrected chi connectivity index (χ4v) is 3.36. The number of nitrogens with one attached hydrogen (secondary N) is 2. The third-order valence-electron chi connectivity index (χ3n) is 4.18. The lowest BCUT2D eigenvalue weighted by Crippen LogP contribution is -2.13. The Kier molecular flexibility index (Phi) is 4.33. The van der Waals surface area contributed by atoms with E-state index < -0.39 is 0 Å². The molecule has 0 bridgehead atoms. The van der Waals surface area contributed by atoms with E-state index in [1.54, 1.807) is 18.5 Å². The van der Waals surface area contributed by atoms with Crippen LogP contribution < -0.4 is 5.49 Å². The molecular formula is C17H15Cl2N5O. The van der Waals surface area contributed by atoms with Crippen molar-refractivity contribution in [1.29, 1.82) is 5.41 Å². The molecule has 1 aliphatic rings. The summed E-state index contributed by atoms with van der Waals surface area (Å²) in [5.41, 5.74) is 3.28. The number of benzene rings is 1. The lowest BCUT2D eigenvalue weighted by Gasteiger charge is -2.11. The number of H-pyrrole nitrogens is 1. The normalized spacial score (nSPS) is 14.7. The standard InChI is InChI=1S/C17H15Cl2N5O/c18-12-2-1-3-13(19)11(12)8-24-9-21-15(20)14-17(24)23-16(22-14)10-4-6-25-7-5-10/h1-4,9,20H,5-8H2,(H,22,23). The molecular weight excluding hydrogens is 361 g/mol. The van der Waals surface area contributed by atoms with E-state index in [0.717, 1.165) is 23.4 Å². The first-order valence-electron chi connectivity index (χ1n) is 7.83. The summed E-state index contributed by atoms with van der Waals surface area (Å²) in [6.07, 6.45) is 4.39. The minimum atomic E-state index is 0.155. The lowest BCUT2D eigenvalue weighted by atomic mass is 10.1. The first kappa shape index (κ1) is 16.3. The fraction of sp³-hybridized carbons (Fsp3) is 0.235. The fourth-order valence-electron chi connectivity index (χ4n) is 2.85. The highest BCUT2D eigenvalue weighted by molar-refractivity contribution is 6.36. The summed E-state index contributed by atoms with van der Waals surface area (Å²) in [5, 5.41) is 9.24. The summed E-state index contributed by atoms with van der Waals surface area (Å²) in [6.45, 7) is 1.67. The van der Waals surface area contributed by atoms with Crippen molar-refractivity contribution in [2.75, 3.05) is 13.2 Å². The number of aromatic amines is 1. The van der Waals surface area contributed by atoms with Crippen LogP contribution in [0, 0.1) is 5.41 Å². The first-order chi connectivity index (χ1) is 12.1. The highest BCUT2D eigenvalue weighted by Crippen LogP contribution is 2.26. The van der Waals surface area contributed by atoms with Crippen molar-refractivity contribution in [2.45, 2.75) is 13.0 Å². The second-order valence-electron chi connectivity index (χ2n) is 5.76. The van der Waals surface area contributed by atoms with Crippen LogP contribution in [-0.2, 0) is 11.3 Å². The molecule has 0 amide bonds.